The SMILES string of the molecule is Cc1nc(C2CCC(C)(C)CC2)cnc1Sc1cccc(Cl)c1Cl. The molecular weight excluding hydrogens is 359 g/mol. The summed E-state index contributed by atoms with van der Waals surface area (Å²) >= 11 is 13.9. The molecule has 1 aliphatic rings. The lowest BCUT2D eigenvalue weighted by molar-refractivity contribution is 0.222. The Bertz CT molecular complexity index is 736. The number of rotatable bonds is 3. The maximum atomic E-state index is 6.27. The minimum Gasteiger partial charge on any atom is -0.253 e. The van der Waals surface area contributed by atoms with Gasteiger partial charge in [-0.05, 0) is 50.2 Å². The van der Waals surface area contributed by atoms with Gasteiger partial charge in [0.1, 0.15) is 5.03 Å². The molecule has 0 atom stereocenters. The van der Waals surface area contributed by atoms with Crippen molar-refractivity contribution < 1.29 is 0 Å². The molecule has 3 rings (SSSR count). The summed E-state index contributed by atoms with van der Waals surface area (Å²) in [4.78, 5) is 10.4. The van der Waals surface area contributed by atoms with Crippen LogP contribution in [-0.4, -0.2) is 9.97 Å². The van der Waals surface area contributed by atoms with E-state index in [2.05, 4.69) is 18.8 Å². The van der Waals surface area contributed by atoms with Gasteiger partial charge in [-0.25, -0.2) is 4.98 Å². The molecule has 1 aromatic carbocycles. The van der Waals surface area contributed by atoms with Crippen molar-refractivity contribution >= 4 is 35.0 Å². The summed E-state index contributed by atoms with van der Waals surface area (Å²) in [5.41, 5.74) is 2.56. The van der Waals surface area contributed by atoms with Crippen LogP contribution in [0.3, 0.4) is 0 Å². The van der Waals surface area contributed by atoms with Gasteiger partial charge in [-0.2, -0.15) is 0 Å². The lowest BCUT2D eigenvalue weighted by Gasteiger charge is -2.34. The fourth-order valence-electron chi connectivity index (χ4n) is 3.15. The zero-order chi connectivity index (χ0) is 17.3. The van der Waals surface area contributed by atoms with E-state index in [1.807, 2.05) is 25.3 Å². The topological polar surface area (TPSA) is 25.8 Å². The smallest absolute Gasteiger partial charge is 0.122 e. The van der Waals surface area contributed by atoms with Gasteiger partial charge in [0.15, 0.2) is 0 Å². The highest BCUT2D eigenvalue weighted by Crippen LogP contribution is 2.42. The van der Waals surface area contributed by atoms with E-state index in [0.29, 0.717) is 21.4 Å². The highest BCUT2D eigenvalue weighted by Gasteiger charge is 2.28. The van der Waals surface area contributed by atoms with Gasteiger partial charge in [0.25, 0.3) is 0 Å². The predicted molar refractivity (Wildman–Crippen MR) is 102 cm³/mol. The molecule has 0 unspecified atom stereocenters. The molecule has 0 N–H and O–H groups in total. The summed E-state index contributed by atoms with van der Waals surface area (Å²) in [5.74, 6) is 0.540. The molecule has 1 saturated carbocycles. The van der Waals surface area contributed by atoms with Crippen LogP contribution in [0.2, 0.25) is 10.0 Å². The van der Waals surface area contributed by atoms with E-state index < -0.39 is 0 Å². The number of hydrogen-bond donors (Lipinski definition) is 0. The predicted octanol–water partition coefficient (Wildman–Crippen LogP) is 6.93. The lowest BCUT2D eigenvalue weighted by atomic mass is 9.72. The Balaban J connectivity index is 1.77. The van der Waals surface area contributed by atoms with Gasteiger partial charge in [0, 0.05) is 10.8 Å². The highest BCUT2D eigenvalue weighted by atomic mass is 35.5. The molecule has 0 radical (unpaired) electrons. The van der Waals surface area contributed by atoms with Crippen molar-refractivity contribution in [1.29, 1.82) is 0 Å². The zero-order valence-corrected chi connectivity index (χ0v) is 16.6. The highest BCUT2D eigenvalue weighted by molar-refractivity contribution is 7.99. The van der Waals surface area contributed by atoms with Crippen LogP contribution in [0.15, 0.2) is 34.3 Å². The summed E-state index contributed by atoms with van der Waals surface area (Å²) in [5, 5.41) is 2.02. The molecule has 1 heterocycles. The first-order chi connectivity index (χ1) is 11.4. The van der Waals surface area contributed by atoms with E-state index in [1.165, 1.54) is 37.4 Å². The van der Waals surface area contributed by atoms with Crippen LogP contribution in [0.25, 0.3) is 0 Å². The number of hydrogen-bond acceptors (Lipinski definition) is 3. The van der Waals surface area contributed by atoms with Crippen molar-refractivity contribution in [3.8, 4) is 0 Å². The van der Waals surface area contributed by atoms with Crippen LogP contribution in [0.5, 0.6) is 0 Å². The molecule has 5 heteroatoms. The van der Waals surface area contributed by atoms with Crippen LogP contribution in [-0.2, 0) is 0 Å². The standard InChI is InChI=1S/C19H22Cl2N2S/c1-12-18(24-16-6-4-5-14(20)17(16)21)22-11-15(23-12)13-7-9-19(2,3)10-8-13/h4-6,11,13H,7-10H2,1-3H3. The van der Waals surface area contributed by atoms with E-state index in [9.17, 15) is 0 Å². The van der Waals surface area contributed by atoms with Gasteiger partial charge in [-0.1, -0.05) is 54.9 Å². The molecule has 24 heavy (non-hydrogen) atoms. The summed E-state index contributed by atoms with van der Waals surface area (Å²) in [6.45, 7) is 6.73. The third kappa shape index (κ3) is 4.07. The normalized spacial score (nSPS) is 17.9. The Hall–Kier alpha value is -0.770. The second-order valence-electron chi connectivity index (χ2n) is 7.28. The largest absolute Gasteiger partial charge is 0.253 e. The van der Waals surface area contributed by atoms with Crippen molar-refractivity contribution in [1.82, 2.24) is 9.97 Å². The molecule has 1 aromatic heterocycles. The Morgan fingerprint density at radius 2 is 1.88 bits per heavy atom. The van der Waals surface area contributed by atoms with E-state index in [1.54, 1.807) is 6.07 Å². The lowest BCUT2D eigenvalue weighted by Crippen LogP contribution is -2.21. The molecule has 1 fully saturated rings. The Kier molecular flexibility index (Phi) is 5.43. The van der Waals surface area contributed by atoms with Gasteiger partial charge in [0.05, 0.1) is 27.6 Å². The summed E-state index contributed by atoms with van der Waals surface area (Å²) in [6, 6.07) is 5.65. The Labute approximate surface area is 158 Å². The molecule has 128 valence electrons. The monoisotopic (exact) mass is 380 g/mol. The maximum absolute atomic E-state index is 6.27. The summed E-state index contributed by atoms with van der Waals surface area (Å²) < 4.78 is 0. The Morgan fingerprint density at radius 1 is 1.17 bits per heavy atom. The number of aromatic nitrogens is 2. The third-order valence-corrected chi connectivity index (χ3v) is 6.89. The molecule has 0 aliphatic heterocycles. The van der Waals surface area contributed by atoms with Gasteiger partial charge in [-0.3, -0.25) is 4.98 Å². The molecular formula is C19H22Cl2N2S. The van der Waals surface area contributed by atoms with E-state index in [4.69, 9.17) is 28.2 Å². The second-order valence-corrected chi connectivity index (χ2v) is 9.09. The maximum Gasteiger partial charge on any atom is 0.122 e. The molecule has 1 aliphatic carbocycles. The van der Waals surface area contributed by atoms with Crippen molar-refractivity contribution in [2.45, 2.75) is 62.3 Å². The van der Waals surface area contributed by atoms with Crippen molar-refractivity contribution in [3.63, 3.8) is 0 Å². The third-order valence-electron chi connectivity index (χ3n) is 4.80. The Morgan fingerprint density at radius 3 is 2.54 bits per heavy atom. The minimum absolute atomic E-state index is 0.470. The first-order valence-electron chi connectivity index (χ1n) is 8.31. The number of nitrogens with zero attached hydrogens (tertiary/aromatic N) is 2. The minimum atomic E-state index is 0.470. The van der Waals surface area contributed by atoms with E-state index in [0.717, 1.165) is 21.3 Å². The van der Waals surface area contributed by atoms with Crippen LogP contribution in [0.1, 0.15) is 56.8 Å². The van der Waals surface area contributed by atoms with E-state index in [-0.39, 0.29) is 0 Å². The first-order valence-corrected chi connectivity index (χ1v) is 9.88. The summed E-state index contributed by atoms with van der Waals surface area (Å²) in [7, 11) is 0. The van der Waals surface area contributed by atoms with Gasteiger partial charge < -0.3 is 0 Å². The van der Waals surface area contributed by atoms with Crippen LogP contribution in [0.4, 0.5) is 0 Å². The van der Waals surface area contributed by atoms with Gasteiger partial charge >= 0.3 is 0 Å². The fourth-order valence-corrected chi connectivity index (χ4v) is 4.47. The van der Waals surface area contributed by atoms with E-state index >= 15 is 0 Å². The van der Waals surface area contributed by atoms with Crippen molar-refractivity contribution in [3.05, 3.63) is 45.8 Å². The van der Waals surface area contributed by atoms with Gasteiger partial charge in [-0.15, -0.1) is 0 Å². The molecule has 2 nitrogen and oxygen atoms in total. The van der Waals surface area contributed by atoms with Crippen LogP contribution in [0, 0.1) is 12.3 Å². The first kappa shape index (κ1) is 18.0. The number of benzene rings is 1. The zero-order valence-electron chi connectivity index (χ0n) is 14.3. The number of halogens is 2. The van der Waals surface area contributed by atoms with Gasteiger partial charge in [0.2, 0.25) is 0 Å². The second kappa shape index (κ2) is 7.23. The van der Waals surface area contributed by atoms with Crippen molar-refractivity contribution in [2.24, 2.45) is 5.41 Å². The fraction of sp³-hybridized carbons (Fsp3) is 0.474. The van der Waals surface area contributed by atoms with Crippen LogP contribution < -0.4 is 0 Å². The van der Waals surface area contributed by atoms with Crippen LogP contribution >= 0.6 is 35.0 Å². The molecule has 0 bridgehead atoms. The number of aryl methyl sites for hydroxylation is 1. The molecule has 0 amide bonds. The average Bonchev–Trinajstić information content (AvgIpc) is 2.53. The molecule has 0 spiro atoms. The molecule has 0 saturated heterocycles. The quantitative estimate of drug-likeness (QED) is 0.577. The summed E-state index contributed by atoms with van der Waals surface area (Å²) in [6.07, 6.45) is 6.86. The molecule has 2 aromatic rings. The van der Waals surface area contributed by atoms with Crippen molar-refractivity contribution in [2.75, 3.05) is 0 Å². The average molecular weight is 381 g/mol.